The van der Waals surface area contributed by atoms with Crippen LogP contribution in [0.2, 0.25) is 0 Å². The Hall–Kier alpha value is -0.520. The standard InChI is InChI=1S/C14H28N2/c1-7-10-11-12-13(15-9-3)14(4,8-2)16(5)6/h1,13,15H,8-12H2,2-6H3. The molecule has 2 heteroatoms. The second kappa shape index (κ2) is 7.70. The van der Waals surface area contributed by atoms with E-state index in [4.69, 9.17) is 6.42 Å². The molecule has 2 nitrogen and oxygen atoms in total. The Labute approximate surface area is 102 Å². The first-order chi connectivity index (χ1) is 7.52. The van der Waals surface area contributed by atoms with Crippen molar-refractivity contribution in [2.24, 2.45) is 0 Å². The lowest BCUT2D eigenvalue weighted by Crippen LogP contribution is -2.56. The summed E-state index contributed by atoms with van der Waals surface area (Å²) >= 11 is 0. The number of terminal acetylenes is 1. The maximum absolute atomic E-state index is 5.31. The largest absolute Gasteiger partial charge is 0.312 e. The fourth-order valence-electron chi connectivity index (χ4n) is 2.16. The van der Waals surface area contributed by atoms with E-state index in [0.29, 0.717) is 6.04 Å². The van der Waals surface area contributed by atoms with Crippen molar-refractivity contribution in [2.75, 3.05) is 20.6 Å². The molecule has 0 spiro atoms. The van der Waals surface area contributed by atoms with E-state index < -0.39 is 0 Å². The van der Waals surface area contributed by atoms with Crippen molar-refractivity contribution >= 4 is 0 Å². The van der Waals surface area contributed by atoms with Crippen LogP contribution >= 0.6 is 0 Å². The van der Waals surface area contributed by atoms with E-state index in [1.807, 2.05) is 0 Å². The van der Waals surface area contributed by atoms with Crippen LogP contribution in [0, 0.1) is 12.3 Å². The van der Waals surface area contributed by atoms with Crippen molar-refractivity contribution < 1.29 is 0 Å². The van der Waals surface area contributed by atoms with Crippen molar-refractivity contribution in [1.82, 2.24) is 10.2 Å². The second-order valence-corrected chi connectivity index (χ2v) is 4.81. The summed E-state index contributed by atoms with van der Waals surface area (Å²) < 4.78 is 0. The van der Waals surface area contributed by atoms with E-state index in [2.05, 4.69) is 51.0 Å². The van der Waals surface area contributed by atoms with E-state index in [0.717, 1.165) is 32.2 Å². The van der Waals surface area contributed by atoms with Crippen LogP contribution < -0.4 is 5.32 Å². The van der Waals surface area contributed by atoms with Gasteiger partial charge >= 0.3 is 0 Å². The van der Waals surface area contributed by atoms with E-state index >= 15 is 0 Å². The number of likely N-dealkylation sites (N-methyl/N-ethyl adjacent to an activating group) is 2. The maximum atomic E-state index is 5.31. The summed E-state index contributed by atoms with van der Waals surface area (Å²) in [6, 6.07) is 0.519. The Morgan fingerprint density at radius 2 is 2.00 bits per heavy atom. The van der Waals surface area contributed by atoms with Gasteiger partial charge in [0.1, 0.15) is 0 Å². The average Bonchev–Trinajstić information content (AvgIpc) is 2.27. The van der Waals surface area contributed by atoms with Crippen LogP contribution in [0.1, 0.15) is 46.5 Å². The summed E-state index contributed by atoms with van der Waals surface area (Å²) in [5, 5.41) is 3.60. The molecule has 2 atom stereocenters. The summed E-state index contributed by atoms with van der Waals surface area (Å²) in [5.41, 5.74) is 0.213. The quantitative estimate of drug-likeness (QED) is 0.503. The molecule has 2 unspecified atom stereocenters. The van der Waals surface area contributed by atoms with E-state index in [9.17, 15) is 0 Å². The number of hydrogen-bond donors (Lipinski definition) is 1. The van der Waals surface area contributed by atoms with E-state index in [1.54, 1.807) is 0 Å². The van der Waals surface area contributed by atoms with Crippen molar-refractivity contribution in [1.29, 1.82) is 0 Å². The molecule has 0 fully saturated rings. The van der Waals surface area contributed by atoms with E-state index in [-0.39, 0.29) is 5.54 Å². The first-order valence-corrected chi connectivity index (χ1v) is 6.37. The molecule has 0 bridgehead atoms. The Bertz CT molecular complexity index is 217. The van der Waals surface area contributed by atoms with Crippen LogP contribution in [0.3, 0.4) is 0 Å². The molecule has 0 radical (unpaired) electrons. The molecule has 0 saturated carbocycles. The lowest BCUT2D eigenvalue weighted by Gasteiger charge is -2.43. The van der Waals surface area contributed by atoms with Crippen LogP contribution in [-0.4, -0.2) is 37.1 Å². The van der Waals surface area contributed by atoms with Crippen LogP contribution in [0.15, 0.2) is 0 Å². The number of hydrogen-bond acceptors (Lipinski definition) is 2. The molecule has 0 aromatic carbocycles. The lowest BCUT2D eigenvalue weighted by atomic mass is 9.85. The Morgan fingerprint density at radius 3 is 2.38 bits per heavy atom. The predicted octanol–water partition coefficient (Wildman–Crippen LogP) is 2.50. The highest BCUT2D eigenvalue weighted by atomic mass is 15.2. The van der Waals surface area contributed by atoms with Gasteiger partial charge in [-0.05, 0) is 46.8 Å². The summed E-state index contributed by atoms with van der Waals surface area (Å²) in [4.78, 5) is 2.33. The van der Waals surface area contributed by atoms with Gasteiger partial charge in [-0.3, -0.25) is 0 Å². The minimum Gasteiger partial charge on any atom is -0.312 e. The highest BCUT2D eigenvalue weighted by Crippen LogP contribution is 2.24. The molecule has 0 aliphatic carbocycles. The Morgan fingerprint density at radius 1 is 1.38 bits per heavy atom. The topological polar surface area (TPSA) is 15.3 Å². The SMILES string of the molecule is C#CCCCC(NCC)C(C)(CC)N(C)C. The molecular formula is C14H28N2. The predicted molar refractivity (Wildman–Crippen MR) is 72.5 cm³/mol. The Kier molecular flexibility index (Phi) is 7.45. The van der Waals surface area contributed by atoms with Gasteiger partial charge in [0, 0.05) is 18.0 Å². The fraction of sp³-hybridized carbons (Fsp3) is 0.857. The van der Waals surface area contributed by atoms with Gasteiger partial charge in [-0.15, -0.1) is 12.3 Å². The molecule has 0 amide bonds. The summed E-state index contributed by atoms with van der Waals surface area (Å²) in [7, 11) is 4.32. The zero-order valence-corrected chi connectivity index (χ0v) is 11.6. The van der Waals surface area contributed by atoms with Gasteiger partial charge in [-0.1, -0.05) is 13.8 Å². The highest BCUT2D eigenvalue weighted by molar-refractivity contribution is 4.95. The van der Waals surface area contributed by atoms with Crippen LogP contribution in [0.25, 0.3) is 0 Å². The smallest absolute Gasteiger partial charge is 0.0325 e. The maximum Gasteiger partial charge on any atom is 0.0325 e. The van der Waals surface area contributed by atoms with Gasteiger partial charge < -0.3 is 10.2 Å². The fourth-order valence-corrected chi connectivity index (χ4v) is 2.16. The second-order valence-electron chi connectivity index (χ2n) is 4.81. The normalized spacial score (nSPS) is 16.8. The molecule has 0 rings (SSSR count). The Balaban J connectivity index is 4.53. The van der Waals surface area contributed by atoms with Gasteiger partial charge in [0.05, 0.1) is 0 Å². The molecule has 0 aromatic rings. The molecule has 0 saturated heterocycles. The van der Waals surface area contributed by atoms with Crippen LogP contribution in [0.4, 0.5) is 0 Å². The first kappa shape index (κ1) is 15.5. The number of nitrogens with one attached hydrogen (secondary N) is 1. The molecule has 1 N–H and O–H groups in total. The minimum absolute atomic E-state index is 0.213. The molecule has 16 heavy (non-hydrogen) atoms. The molecular weight excluding hydrogens is 196 g/mol. The number of unbranched alkanes of at least 4 members (excludes halogenated alkanes) is 1. The van der Waals surface area contributed by atoms with Gasteiger partial charge in [0.15, 0.2) is 0 Å². The molecule has 94 valence electrons. The van der Waals surface area contributed by atoms with E-state index in [1.165, 1.54) is 0 Å². The van der Waals surface area contributed by atoms with Crippen molar-refractivity contribution in [2.45, 2.75) is 58.0 Å². The first-order valence-electron chi connectivity index (χ1n) is 6.37. The van der Waals surface area contributed by atoms with Crippen molar-refractivity contribution in [3.63, 3.8) is 0 Å². The van der Waals surface area contributed by atoms with Crippen molar-refractivity contribution in [3.05, 3.63) is 0 Å². The van der Waals surface area contributed by atoms with Crippen LogP contribution in [0.5, 0.6) is 0 Å². The number of rotatable bonds is 8. The van der Waals surface area contributed by atoms with Gasteiger partial charge in [-0.2, -0.15) is 0 Å². The minimum atomic E-state index is 0.213. The zero-order chi connectivity index (χ0) is 12.6. The zero-order valence-electron chi connectivity index (χ0n) is 11.6. The molecule has 0 aliphatic rings. The summed E-state index contributed by atoms with van der Waals surface area (Å²) in [6.07, 6.45) is 9.60. The number of nitrogens with zero attached hydrogens (tertiary/aromatic N) is 1. The summed E-state index contributed by atoms with van der Waals surface area (Å²) in [5.74, 6) is 2.72. The lowest BCUT2D eigenvalue weighted by molar-refractivity contribution is 0.108. The van der Waals surface area contributed by atoms with Crippen molar-refractivity contribution in [3.8, 4) is 12.3 Å². The summed E-state index contributed by atoms with van der Waals surface area (Å²) in [6.45, 7) is 7.77. The van der Waals surface area contributed by atoms with Gasteiger partial charge in [-0.25, -0.2) is 0 Å². The highest BCUT2D eigenvalue weighted by Gasteiger charge is 2.33. The molecule has 0 heterocycles. The molecule has 0 aliphatic heterocycles. The third-order valence-corrected chi connectivity index (χ3v) is 3.75. The third kappa shape index (κ3) is 4.15. The van der Waals surface area contributed by atoms with Gasteiger partial charge in [0.2, 0.25) is 0 Å². The monoisotopic (exact) mass is 224 g/mol. The molecule has 0 aromatic heterocycles. The average molecular weight is 224 g/mol. The van der Waals surface area contributed by atoms with Gasteiger partial charge in [0.25, 0.3) is 0 Å². The third-order valence-electron chi connectivity index (χ3n) is 3.75. The van der Waals surface area contributed by atoms with Crippen LogP contribution in [-0.2, 0) is 0 Å².